The second kappa shape index (κ2) is 7.78. The van der Waals surface area contributed by atoms with Gasteiger partial charge in [0, 0.05) is 6.04 Å². The number of ether oxygens (including phenoxy) is 1. The first-order valence-electron chi connectivity index (χ1n) is 5.56. The first-order valence-corrected chi connectivity index (χ1v) is 5.56. The summed E-state index contributed by atoms with van der Waals surface area (Å²) in [6, 6.07) is 0.00801. The summed E-state index contributed by atoms with van der Waals surface area (Å²) < 4.78 is 4.67. The Labute approximate surface area is 101 Å². The number of nitrogens with zero attached hydrogens (tertiary/aromatic N) is 1. The van der Waals surface area contributed by atoms with E-state index in [9.17, 15) is 14.4 Å². The number of Topliss-reactive ketones (excluding diaryl/α,β-unsaturated/α-hetero) is 1. The van der Waals surface area contributed by atoms with Gasteiger partial charge in [-0.25, -0.2) is 0 Å². The normalized spacial score (nSPS) is 10.6. The van der Waals surface area contributed by atoms with Crippen molar-refractivity contribution in [1.29, 1.82) is 0 Å². The van der Waals surface area contributed by atoms with E-state index in [2.05, 4.69) is 4.74 Å². The Morgan fingerprint density at radius 2 is 1.82 bits per heavy atom. The van der Waals surface area contributed by atoms with Gasteiger partial charge in [-0.15, -0.1) is 0 Å². The molecule has 0 rings (SSSR count). The molecule has 0 aliphatic heterocycles. The number of primary amides is 1. The molecule has 0 atom stereocenters. The van der Waals surface area contributed by atoms with Crippen LogP contribution in [-0.2, 0) is 19.1 Å². The molecule has 6 nitrogen and oxygen atoms in total. The van der Waals surface area contributed by atoms with Crippen LogP contribution in [0.1, 0.15) is 27.2 Å². The van der Waals surface area contributed by atoms with Crippen LogP contribution in [0.3, 0.4) is 0 Å². The maximum Gasteiger partial charge on any atom is 0.313 e. The highest BCUT2D eigenvalue weighted by Crippen LogP contribution is 1.99. The number of hydrogen-bond donors (Lipinski definition) is 1. The van der Waals surface area contributed by atoms with Crippen LogP contribution in [0.4, 0.5) is 0 Å². The molecule has 0 radical (unpaired) electrons. The number of rotatable bonds is 8. The molecule has 0 heterocycles. The Balaban J connectivity index is 4.21. The minimum atomic E-state index is -0.541. The van der Waals surface area contributed by atoms with Crippen LogP contribution < -0.4 is 5.73 Å². The van der Waals surface area contributed by atoms with Crippen LogP contribution in [0.2, 0.25) is 0 Å². The van der Waals surface area contributed by atoms with Crippen LogP contribution in [0, 0.1) is 0 Å². The fourth-order valence-corrected chi connectivity index (χ4v) is 1.28. The summed E-state index contributed by atoms with van der Waals surface area (Å²) >= 11 is 0. The lowest BCUT2D eigenvalue weighted by Gasteiger charge is -2.23. The summed E-state index contributed by atoms with van der Waals surface area (Å²) in [5.74, 6) is -1.32. The van der Waals surface area contributed by atoms with E-state index in [0.717, 1.165) is 0 Å². The molecule has 0 aliphatic rings. The highest BCUT2D eigenvalue weighted by atomic mass is 16.5. The summed E-state index contributed by atoms with van der Waals surface area (Å²) in [4.78, 5) is 35.0. The molecule has 0 saturated carbocycles. The molecule has 0 bridgehead atoms. The van der Waals surface area contributed by atoms with Crippen molar-refractivity contribution >= 4 is 17.7 Å². The zero-order valence-corrected chi connectivity index (χ0v) is 10.6. The van der Waals surface area contributed by atoms with E-state index in [0.29, 0.717) is 0 Å². The van der Waals surface area contributed by atoms with E-state index < -0.39 is 11.9 Å². The third kappa shape index (κ3) is 7.46. The Hall–Kier alpha value is -1.43. The molecular weight excluding hydrogens is 224 g/mol. The van der Waals surface area contributed by atoms with Crippen molar-refractivity contribution in [2.24, 2.45) is 5.73 Å². The largest absolute Gasteiger partial charge is 0.466 e. The summed E-state index contributed by atoms with van der Waals surface area (Å²) in [5, 5.41) is 0. The predicted octanol–water partition coefficient (Wildman–Crippen LogP) is -0.296. The van der Waals surface area contributed by atoms with Crippen LogP contribution in [0.25, 0.3) is 0 Å². The van der Waals surface area contributed by atoms with Gasteiger partial charge in [0.1, 0.15) is 6.42 Å². The second-order valence-electron chi connectivity index (χ2n) is 3.99. The van der Waals surface area contributed by atoms with Crippen molar-refractivity contribution in [3.63, 3.8) is 0 Å². The van der Waals surface area contributed by atoms with Crippen molar-refractivity contribution in [3.8, 4) is 0 Å². The lowest BCUT2D eigenvalue weighted by molar-refractivity contribution is -0.145. The maximum atomic E-state index is 11.5. The zero-order chi connectivity index (χ0) is 13.4. The zero-order valence-electron chi connectivity index (χ0n) is 10.6. The van der Waals surface area contributed by atoms with E-state index in [1.807, 2.05) is 13.8 Å². The number of amides is 1. The average molecular weight is 244 g/mol. The molecule has 0 spiro atoms. The van der Waals surface area contributed by atoms with E-state index in [4.69, 9.17) is 5.73 Å². The monoisotopic (exact) mass is 244 g/mol. The van der Waals surface area contributed by atoms with Gasteiger partial charge in [0.2, 0.25) is 5.91 Å². The summed E-state index contributed by atoms with van der Waals surface area (Å²) in [7, 11) is 0. The number of carbonyl (C=O) groups excluding carboxylic acids is 3. The summed E-state index contributed by atoms with van der Waals surface area (Å²) in [5.41, 5.74) is 5.07. The van der Waals surface area contributed by atoms with Crippen molar-refractivity contribution in [1.82, 2.24) is 4.90 Å². The smallest absolute Gasteiger partial charge is 0.313 e. The van der Waals surface area contributed by atoms with Crippen molar-refractivity contribution in [2.75, 3.05) is 19.7 Å². The van der Waals surface area contributed by atoms with Crippen molar-refractivity contribution in [3.05, 3.63) is 0 Å². The van der Waals surface area contributed by atoms with Gasteiger partial charge < -0.3 is 10.5 Å². The van der Waals surface area contributed by atoms with Crippen LogP contribution in [0.15, 0.2) is 0 Å². The average Bonchev–Trinajstić information content (AvgIpc) is 2.15. The number of ketones is 1. The van der Waals surface area contributed by atoms with Gasteiger partial charge in [-0.3, -0.25) is 19.3 Å². The lowest BCUT2D eigenvalue weighted by Crippen LogP contribution is -2.42. The van der Waals surface area contributed by atoms with Crippen molar-refractivity contribution < 1.29 is 19.1 Å². The Bertz CT molecular complexity index is 289. The molecule has 0 aromatic carbocycles. The minimum absolute atomic E-state index is 0.00618. The number of esters is 1. The number of hydrogen-bond acceptors (Lipinski definition) is 5. The molecule has 1 amide bonds. The first kappa shape index (κ1) is 15.6. The quantitative estimate of drug-likeness (QED) is 0.468. The molecule has 17 heavy (non-hydrogen) atoms. The molecule has 0 saturated heterocycles. The molecule has 0 aromatic heterocycles. The minimum Gasteiger partial charge on any atom is -0.466 e. The third-order valence-electron chi connectivity index (χ3n) is 2.12. The van der Waals surface area contributed by atoms with E-state index in [1.54, 1.807) is 11.8 Å². The lowest BCUT2D eigenvalue weighted by atomic mass is 10.2. The van der Waals surface area contributed by atoms with Crippen LogP contribution in [-0.4, -0.2) is 48.3 Å². The van der Waals surface area contributed by atoms with Gasteiger partial charge in [0.15, 0.2) is 5.78 Å². The van der Waals surface area contributed by atoms with Gasteiger partial charge in [-0.2, -0.15) is 0 Å². The number of carbonyl (C=O) groups is 3. The SMILES string of the molecule is CCOC(=O)CC(=O)CN(CC(N)=O)C(C)C. The topological polar surface area (TPSA) is 89.7 Å². The van der Waals surface area contributed by atoms with Gasteiger partial charge >= 0.3 is 5.97 Å². The fourth-order valence-electron chi connectivity index (χ4n) is 1.28. The molecule has 2 N–H and O–H groups in total. The first-order chi connectivity index (χ1) is 7.86. The third-order valence-corrected chi connectivity index (χ3v) is 2.12. The van der Waals surface area contributed by atoms with Gasteiger partial charge in [0.05, 0.1) is 19.7 Å². The highest BCUT2D eigenvalue weighted by Gasteiger charge is 2.18. The Morgan fingerprint density at radius 1 is 1.24 bits per heavy atom. The predicted molar refractivity (Wildman–Crippen MR) is 62.2 cm³/mol. The van der Waals surface area contributed by atoms with Gasteiger partial charge in [-0.1, -0.05) is 0 Å². The summed E-state index contributed by atoms with van der Waals surface area (Å²) in [6.07, 6.45) is -0.268. The van der Waals surface area contributed by atoms with E-state index in [1.165, 1.54) is 0 Å². The van der Waals surface area contributed by atoms with Crippen LogP contribution >= 0.6 is 0 Å². The maximum absolute atomic E-state index is 11.5. The number of nitrogens with two attached hydrogens (primary N) is 1. The molecule has 0 aromatic rings. The van der Waals surface area contributed by atoms with E-state index in [-0.39, 0.29) is 37.9 Å². The Kier molecular flexibility index (Phi) is 7.13. The summed E-state index contributed by atoms with van der Waals surface area (Å²) in [6.45, 7) is 5.66. The van der Waals surface area contributed by atoms with Crippen molar-refractivity contribution in [2.45, 2.75) is 33.2 Å². The molecule has 0 fully saturated rings. The van der Waals surface area contributed by atoms with Gasteiger partial charge in [0.25, 0.3) is 0 Å². The molecule has 0 unspecified atom stereocenters. The fraction of sp³-hybridized carbons (Fsp3) is 0.727. The highest BCUT2D eigenvalue weighted by molar-refractivity contribution is 5.96. The molecular formula is C11H20N2O4. The van der Waals surface area contributed by atoms with Gasteiger partial charge in [-0.05, 0) is 20.8 Å². The second-order valence-corrected chi connectivity index (χ2v) is 3.99. The molecule has 6 heteroatoms. The van der Waals surface area contributed by atoms with E-state index >= 15 is 0 Å². The Morgan fingerprint density at radius 3 is 2.24 bits per heavy atom. The standard InChI is InChI=1S/C11H20N2O4/c1-4-17-11(16)5-9(14)6-13(8(2)3)7-10(12)15/h8H,4-7H2,1-3H3,(H2,12,15). The molecule has 98 valence electrons. The molecule has 0 aliphatic carbocycles. The van der Waals surface area contributed by atoms with Crippen LogP contribution in [0.5, 0.6) is 0 Å².